The van der Waals surface area contributed by atoms with Gasteiger partial charge >= 0.3 is 0 Å². The zero-order valence-electron chi connectivity index (χ0n) is 9.53. The average molecular weight is 213 g/mol. The van der Waals surface area contributed by atoms with Crippen LogP contribution in [0.2, 0.25) is 0 Å². The van der Waals surface area contributed by atoms with Gasteiger partial charge in [-0.15, -0.1) is 0 Å². The van der Waals surface area contributed by atoms with E-state index in [4.69, 9.17) is 4.74 Å². The molecule has 88 valence electrons. The van der Waals surface area contributed by atoms with Crippen LogP contribution in [0, 0.1) is 0 Å². The van der Waals surface area contributed by atoms with E-state index in [9.17, 15) is 5.11 Å². The lowest BCUT2D eigenvalue weighted by Crippen LogP contribution is -2.52. The third-order valence-electron chi connectivity index (χ3n) is 3.78. The van der Waals surface area contributed by atoms with Gasteiger partial charge in [0, 0.05) is 12.6 Å². The number of aliphatic hydroxyl groups excluding tert-OH is 1. The summed E-state index contributed by atoms with van der Waals surface area (Å²) in [6.45, 7) is 2.81. The van der Waals surface area contributed by atoms with Gasteiger partial charge < -0.3 is 9.84 Å². The second-order valence-corrected chi connectivity index (χ2v) is 4.79. The molecule has 0 amide bonds. The summed E-state index contributed by atoms with van der Waals surface area (Å²) >= 11 is 0. The SMILES string of the molecule is OCC1COCCN1C1CCCCCC1. The molecule has 0 aromatic heterocycles. The monoisotopic (exact) mass is 213 g/mol. The normalized spacial score (nSPS) is 31.4. The summed E-state index contributed by atoms with van der Waals surface area (Å²) in [6, 6.07) is 0.954. The fraction of sp³-hybridized carbons (Fsp3) is 1.00. The van der Waals surface area contributed by atoms with E-state index in [1.807, 2.05) is 0 Å². The Labute approximate surface area is 92.4 Å². The summed E-state index contributed by atoms with van der Waals surface area (Å²) in [7, 11) is 0. The fourth-order valence-electron chi connectivity index (χ4n) is 2.90. The van der Waals surface area contributed by atoms with Gasteiger partial charge in [0.2, 0.25) is 0 Å². The minimum Gasteiger partial charge on any atom is -0.395 e. The minimum atomic E-state index is 0.247. The van der Waals surface area contributed by atoms with E-state index in [0.717, 1.165) is 13.2 Å². The van der Waals surface area contributed by atoms with Gasteiger partial charge in [-0.3, -0.25) is 4.90 Å². The van der Waals surface area contributed by atoms with Gasteiger partial charge in [-0.05, 0) is 12.8 Å². The van der Waals surface area contributed by atoms with Crippen molar-refractivity contribution in [2.45, 2.75) is 50.6 Å². The lowest BCUT2D eigenvalue weighted by molar-refractivity contribution is -0.0496. The summed E-state index contributed by atoms with van der Waals surface area (Å²) < 4.78 is 5.42. The number of ether oxygens (including phenoxy) is 1. The number of rotatable bonds is 2. The Hall–Kier alpha value is -0.120. The molecule has 2 fully saturated rings. The maximum atomic E-state index is 9.34. The summed E-state index contributed by atoms with van der Waals surface area (Å²) in [6.07, 6.45) is 8.14. The van der Waals surface area contributed by atoms with Crippen LogP contribution in [-0.2, 0) is 4.74 Å². The predicted octanol–water partition coefficient (Wildman–Crippen LogP) is 1.40. The molecule has 1 heterocycles. The maximum absolute atomic E-state index is 9.34. The standard InChI is InChI=1S/C12H23NO2/c14-9-12-10-15-8-7-13(12)11-5-3-1-2-4-6-11/h11-12,14H,1-10H2. The van der Waals surface area contributed by atoms with Gasteiger partial charge in [0.15, 0.2) is 0 Å². The first-order valence-corrected chi connectivity index (χ1v) is 6.36. The number of nitrogens with zero attached hydrogens (tertiary/aromatic N) is 1. The molecule has 0 bridgehead atoms. The van der Waals surface area contributed by atoms with Crippen molar-refractivity contribution >= 4 is 0 Å². The lowest BCUT2D eigenvalue weighted by Gasteiger charge is -2.40. The van der Waals surface area contributed by atoms with E-state index in [-0.39, 0.29) is 12.6 Å². The topological polar surface area (TPSA) is 32.7 Å². The molecule has 2 aliphatic rings. The fourth-order valence-corrected chi connectivity index (χ4v) is 2.90. The van der Waals surface area contributed by atoms with Gasteiger partial charge in [0.25, 0.3) is 0 Å². The van der Waals surface area contributed by atoms with Gasteiger partial charge in [-0.2, -0.15) is 0 Å². The molecule has 0 radical (unpaired) electrons. The number of aliphatic hydroxyl groups is 1. The smallest absolute Gasteiger partial charge is 0.0644 e. The van der Waals surface area contributed by atoms with Crippen molar-refractivity contribution in [2.24, 2.45) is 0 Å². The van der Waals surface area contributed by atoms with E-state index in [1.54, 1.807) is 0 Å². The van der Waals surface area contributed by atoms with Crippen molar-refractivity contribution in [1.29, 1.82) is 0 Å². The molecular weight excluding hydrogens is 190 g/mol. The molecule has 3 heteroatoms. The van der Waals surface area contributed by atoms with Crippen LogP contribution in [0.3, 0.4) is 0 Å². The van der Waals surface area contributed by atoms with Crippen LogP contribution in [-0.4, -0.2) is 48.5 Å². The predicted molar refractivity (Wildman–Crippen MR) is 59.9 cm³/mol. The van der Waals surface area contributed by atoms with E-state index in [0.29, 0.717) is 12.6 Å². The Kier molecular flexibility index (Phi) is 4.42. The van der Waals surface area contributed by atoms with Crippen LogP contribution in [0.1, 0.15) is 38.5 Å². The molecular formula is C12H23NO2. The first kappa shape index (κ1) is 11.4. The van der Waals surface area contributed by atoms with E-state index < -0.39 is 0 Å². The molecule has 15 heavy (non-hydrogen) atoms. The minimum absolute atomic E-state index is 0.247. The first-order valence-electron chi connectivity index (χ1n) is 6.36. The van der Waals surface area contributed by atoms with Crippen LogP contribution < -0.4 is 0 Å². The zero-order valence-corrected chi connectivity index (χ0v) is 9.53. The summed E-state index contributed by atoms with van der Waals surface area (Å²) in [4.78, 5) is 2.49. The molecule has 3 nitrogen and oxygen atoms in total. The highest BCUT2D eigenvalue weighted by atomic mass is 16.5. The third-order valence-corrected chi connectivity index (χ3v) is 3.78. The van der Waals surface area contributed by atoms with Crippen LogP contribution in [0.5, 0.6) is 0 Å². The van der Waals surface area contributed by atoms with Crippen molar-refractivity contribution < 1.29 is 9.84 Å². The third kappa shape index (κ3) is 2.92. The molecule has 2 rings (SSSR count). The van der Waals surface area contributed by atoms with Gasteiger partial charge in [0.05, 0.1) is 25.9 Å². The molecule has 0 aromatic carbocycles. The number of hydrogen-bond acceptors (Lipinski definition) is 3. The Morgan fingerprint density at radius 3 is 2.53 bits per heavy atom. The van der Waals surface area contributed by atoms with Gasteiger partial charge in [0.1, 0.15) is 0 Å². The van der Waals surface area contributed by atoms with Crippen molar-refractivity contribution in [1.82, 2.24) is 4.90 Å². The highest BCUT2D eigenvalue weighted by Crippen LogP contribution is 2.24. The van der Waals surface area contributed by atoms with Crippen LogP contribution in [0.15, 0.2) is 0 Å². The average Bonchev–Trinajstić information content (AvgIpc) is 2.57. The summed E-state index contributed by atoms with van der Waals surface area (Å²) in [5, 5.41) is 9.34. The van der Waals surface area contributed by atoms with Crippen molar-refractivity contribution in [2.75, 3.05) is 26.4 Å². The maximum Gasteiger partial charge on any atom is 0.0644 e. The van der Waals surface area contributed by atoms with E-state index in [1.165, 1.54) is 38.5 Å². The first-order chi connectivity index (χ1) is 7.42. The molecule has 1 N–H and O–H groups in total. The second-order valence-electron chi connectivity index (χ2n) is 4.79. The molecule has 0 aromatic rings. The molecule has 1 aliphatic carbocycles. The highest BCUT2D eigenvalue weighted by Gasteiger charge is 2.28. The van der Waals surface area contributed by atoms with Crippen LogP contribution >= 0.6 is 0 Å². The number of hydrogen-bond donors (Lipinski definition) is 1. The Morgan fingerprint density at radius 2 is 1.87 bits per heavy atom. The van der Waals surface area contributed by atoms with Crippen molar-refractivity contribution in [3.05, 3.63) is 0 Å². The van der Waals surface area contributed by atoms with Crippen LogP contribution in [0.4, 0.5) is 0 Å². The highest BCUT2D eigenvalue weighted by molar-refractivity contribution is 4.82. The summed E-state index contributed by atoms with van der Waals surface area (Å²) in [5.74, 6) is 0. The Balaban J connectivity index is 1.92. The van der Waals surface area contributed by atoms with E-state index >= 15 is 0 Å². The molecule has 1 unspecified atom stereocenters. The van der Waals surface area contributed by atoms with Crippen molar-refractivity contribution in [3.63, 3.8) is 0 Å². The van der Waals surface area contributed by atoms with E-state index in [2.05, 4.69) is 4.90 Å². The Morgan fingerprint density at radius 1 is 1.13 bits per heavy atom. The van der Waals surface area contributed by atoms with Crippen LogP contribution in [0.25, 0.3) is 0 Å². The molecule has 1 aliphatic heterocycles. The van der Waals surface area contributed by atoms with Gasteiger partial charge in [-0.1, -0.05) is 25.7 Å². The largest absolute Gasteiger partial charge is 0.395 e. The molecule has 1 saturated carbocycles. The number of morpholine rings is 1. The lowest BCUT2D eigenvalue weighted by atomic mass is 10.0. The van der Waals surface area contributed by atoms with Crippen molar-refractivity contribution in [3.8, 4) is 0 Å². The second kappa shape index (κ2) is 5.83. The van der Waals surface area contributed by atoms with Gasteiger partial charge in [-0.25, -0.2) is 0 Å². The Bertz CT molecular complexity index is 178. The molecule has 1 saturated heterocycles. The summed E-state index contributed by atoms with van der Waals surface area (Å²) in [5.41, 5.74) is 0. The molecule has 1 atom stereocenters. The molecule has 0 spiro atoms. The zero-order chi connectivity index (χ0) is 10.5. The quantitative estimate of drug-likeness (QED) is 0.704.